The van der Waals surface area contributed by atoms with Gasteiger partial charge >= 0.3 is 0 Å². The Labute approximate surface area is 174 Å². The van der Waals surface area contributed by atoms with Crippen LogP contribution in [0.5, 0.6) is 0 Å². The maximum atomic E-state index is 14.4. The number of aromatic nitrogens is 1. The Morgan fingerprint density at radius 2 is 1.97 bits per heavy atom. The molecule has 2 aromatic carbocycles. The van der Waals surface area contributed by atoms with Gasteiger partial charge in [-0.05, 0) is 24.5 Å². The molecular weight excluding hydrogens is 385 g/mol. The van der Waals surface area contributed by atoms with Crippen molar-refractivity contribution < 1.29 is 9.13 Å². The maximum Gasteiger partial charge on any atom is 0.203 e. The molecule has 29 heavy (non-hydrogen) atoms. The highest BCUT2D eigenvalue weighted by molar-refractivity contribution is 7.14. The topological polar surface area (TPSA) is 46.5 Å². The van der Waals surface area contributed by atoms with Crippen molar-refractivity contribution in [2.75, 3.05) is 5.43 Å². The van der Waals surface area contributed by atoms with Crippen LogP contribution in [-0.4, -0.2) is 17.3 Å². The van der Waals surface area contributed by atoms with Gasteiger partial charge in [-0.25, -0.2) is 9.37 Å². The van der Waals surface area contributed by atoms with E-state index in [9.17, 15) is 4.39 Å². The van der Waals surface area contributed by atoms with Crippen LogP contribution >= 0.6 is 11.3 Å². The average molecular weight is 410 g/mol. The van der Waals surface area contributed by atoms with Crippen LogP contribution in [0.15, 0.2) is 59.0 Å². The van der Waals surface area contributed by atoms with Gasteiger partial charge in [-0.1, -0.05) is 61.7 Å². The number of benzene rings is 2. The first-order valence-corrected chi connectivity index (χ1v) is 10.9. The number of anilines is 1. The van der Waals surface area contributed by atoms with E-state index in [2.05, 4.69) is 15.5 Å². The maximum absolute atomic E-state index is 14.4. The number of rotatable bonds is 7. The summed E-state index contributed by atoms with van der Waals surface area (Å²) in [5.74, 6) is -0.259. The SMILES string of the molecule is Fc1cc(C=NNc2nc(-c3ccccc3)cs2)ccc1COC1CCCCC1. The van der Waals surface area contributed by atoms with Crippen molar-refractivity contribution in [2.45, 2.75) is 44.8 Å². The molecular formula is C23H24FN3OS. The Hall–Kier alpha value is -2.57. The van der Waals surface area contributed by atoms with Crippen molar-refractivity contribution in [3.8, 4) is 11.3 Å². The van der Waals surface area contributed by atoms with Gasteiger partial charge in [0.1, 0.15) is 5.82 Å². The van der Waals surface area contributed by atoms with Crippen LogP contribution in [0.2, 0.25) is 0 Å². The first-order chi connectivity index (χ1) is 14.3. The molecule has 0 amide bonds. The van der Waals surface area contributed by atoms with E-state index in [-0.39, 0.29) is 11.9 Å². The van der Waals surface area contributed by atoms with E-state index in [1.807, 2.05) is 41.8 Å². The normalized spacial score (nSPS) is 15.1. The third-order valence-corrected chi connectivity index (χ3v) is 5.80. The van der Waals surface area contributed by atoms with E-state index in [1.165, 1.54) is 36.7 Å². The van der Waals surface area contributed by atoms with Crippen molar-refractivity contribution in [3.05, 3.63) is 70.9 Å². The van der Waals surface area contributed by atoms with E-state index in [4.69, 9.17) is 4.74 Å². The summed E-state index contributed by atoms with van der Waals surface area (Å²) in [6.07, 6.45) is 7.74. The standard InChI is InChI=1S/C23H24FN3OS/c24-21-13-17(11-12-19(21)15-28-20-9-5-2-6-10-20)14-25-27-23-26-22(16-29-23)18-7-3-1-4-8-18/h1,3-4,7-8,11-14,16,20H,2,5-6,9-10,15H2,(H,26,27). The van der Waals surface area contributed by atoms with Gasteiger partial charge in [0.15, 0.2) is 0 Å². The lowest BCUT2D eigenvalue weighted by Crippen LogP contribution is -2.16. The van der Waals surface area contributed by atoms with Gasteiger partial charge in [0, 0.05) is 16.5 Å². The van der Waals surface area contributed by atoms with E-state index < -0.39 is 0 Å². The molecule has 1 heterocycles. The van der Waals surface area contributed by atoms with Crippen LogP contribution in [0.1, 0.15) is 43.2 Å². The molecule has 0 bridgehead atoms. The quantitative estimate of drug-likeness (QED) is 0.371. The van der Waals surface area contributed by atoms with Crippen LogP contribution in [0.3, 0.4) is 0 Å². The minimum Gasteiger partial charge on any atom is -0.373 e. The second-order valence-electron chi connectivity index (χ2n) is 7.20. The van der Waals surface area contributed by atoms with Gasteiger partial charge in [-0.2, -0.15) is 5.10 Å². The summed E-state index contributed by atoms with van der Waals surface area (Å²) < 4.78 is 20.2. The molecule has 0 radical (unpaired) electrons. The fraction of sp³-hybridized carbons (Fsp3) is 0.304. The molecule has 6 heteroatoms. The van der Waals surface area contributed by atoms with E-state index >= 15 is 0 Å². The van der Waals surface area contributed by atoms with Gasteiger partial charge in [0.05, 0.1) is 24.6 Å². The van der Waals surface area contributed by atoms with Gasteiger partial charge in [-0.15, -0.1) is 11.3 Å². The largest absolute Gasteiger partial charge is 0.373 e. The molecule has 0 saturated heterocycles. The third kappa shape index (κ3) is 5.49. The van der Waals surface area contributed by atoms with E-state index in [0.29, 0.717) is 22.9 Å². The van der Waals surface area contributed by atoms with Crippen molar-refractivity contribution in [3.63, 3.8) is 0 Å². The summed E-state index contributed by atoms with van der Waals surface area (Å²) in [6, 6.07) is 15.1. The number of halogens is 1. The monoisotopic (exact) mass is 409 g/mol. The summed E-state index contributed by atoms with van der Waals surface area (Å²) in [5.41, 5.74) is 6.17. The highest BCUT2D eigenvalue weighted by Crippen LogP contribution is 2.25. The molecule has 1 aliphatic carbocycles. The number of thiazole rings is 1. The van der Waals surface area contributed by atoms with Crippen molar-refractivity contribution >= 4 is 22.7 Å². The van der Waals surface area contributed by atoms with Gasteiger partial charge in [0.2, 0.25) is 5.13 Å². The number of nitrogens with zero attached hydrogens (tertiary/aromatic N) is 2. The minimum atomic E-state index is -0.259. The van der Waals surface area contributed by atoms with Crippen LogP contribution in [0.4, 0.5) is 9.52 Å². The van der Waals surface area contributed by atoms with Crippen molar-refractivity contribution in [1.82, 2.24) is 4.98 Å². The zero-order valence-corrected chi connectivity index (χ0v) is 17.0. The predicted molar refractivity (Wildman–Crippen MR) is 117 cm³/mol. The molecule has 4 rings (SSSR count). The molecule has 3 aromatic rings. The molecule has 0 spiro atoms. The Morgan fingerprint density at radius 3 is 2.76 bits per heavy atom. The molecule has 1 N–H and O–H groups in total. The highest BCUT2D eigenvalue weighted by atomic mass is 32.1. The average Bonchev–Trinajstić information content (AvgIpc) is 3.23. The van der Waals surface area contributed by atoms with E-state index in [1.54, 1.807) is 12.3 Å². The summed E-state index contributed by atoms with van der Waals surface area (Å²) in [7, 11) is 0. The molecule has 0 aliphatic heterocycles. The zero-order valence-electron chi connectivity index (χ0n) is 16.2. The van der Waals surface area contributed by atoms with Crippen molar-refractivity contribution in [2.24, 2.45) is 5.10 Å². The second kappa shape index (κ2) is 9.76. The minimum absolute atomic E-state index is 0.259. The zero-order chi connectivity index (χ0) is 19.9. The summed E-state index contributed by atoms with van der Waals surface area (Å²) in [4.78, 5) is 4.52. The summed E-state index contributed by atoms with van der Waals surface area (Å²) >= 11 is 1.48. The first kappa shape index (κ1) is 19.7. The smallest absolute Gasteiger partial charge is 0.203 e. The van der Waals surface area contributed by atoms with Gasteiger partial charge < -0.3 is 4.74 Å². The molecule has 1 aliphatic rings. The number of hydrogen-bond acceptors (Lipinski definition) is 5. The van der Waals surface area contributed by atoms with E-state index in [0.717, 1.165) is 24.1 Å². The van der Waals surface area contributed by atoms with Crippen LogP contribution in [0.25, 0.3) is 11.3 Å². The Morgan fingerprint density at radius 1 is 1.14 bits per heavy atom. The van der Waals surface area contributed by atoms with Gasteiger partial charge in [0.25, 0.3) is 0 Å². The number of nitrogens with one attached hydrogen (secondary N) is 1. The number of hydrazone groups is 1. The molecule has 4 nitrogen and oxygen atoms in total. The van der Waals surface area contributed by atoms with Crippen molar-refractivity contribution in [1.29, 1.82) is 0 Å². The molecule has 150 valence electrons. The molecule has 0 unspecified atom stereocenters. The first-order valence-electron chi connectivity index (χ1n) is 9.98. The molecule has 0 atom stereocenters. The van der Waals surface area contributed by atoms with Gasteiger partial charge in [-0.3, -0.25) is 5.43 Å². The Kier molecular flexibility index (Phi) is 6.64. The molecule has 1 aromatic heterocycles. The molecule has 1 fully saturated rings. The van der Waals surface area contributed by atoms with Crippen LogP contribution < -0.4 is 5.43 Å². The lowest BCUT2D eigenvalue weighted by Gasteiger charge is -2.22. The third-order valence-electron chi connectivity index (χ3n) is 5.05. The van der Waals surface area contributed by atoms with Crippen LogP contribution in [-0.2, 0) is 11.3 Å². The Bertz CT molecular complexity index is 952. The fourth-order valence-corrected chi connectivity index (χ4v) is 4.10. The fourth-order valence-electron chi connectivity index (χ4n) is 3.43. The molecule has 1 saturated carbocycles. The number of hydrogen-bond donors (Lipinski definition) is 1. The second-order valence-corrected chi connectivity index (χ2v) is 8.05. The summed E-state index contributed by atoms with van der Waals surface area (Å²) in [5, 5.41) is 6.86. The lowest BCUT2D eigenvalue weighted by molar-refractivity contribution is 0.0156. The highest BCUT2D eigenvalue weighted by Gasteiger charge is 2.14. The lowest BCUT2D eigenvalue weighted by atomic mass is 9.98. The summed E-state index contributed by atoms with van der Waals surface area (Å²) in [6.45, 7) is 0.327. The Balaban J connectivity index is 1.31. The number of ether oxygens (including phenoxy) is 1. The van der Waals surface area contributed by atoms with Crippen LogP contribution in [0, 0.1) is 5.82 Å². The predicted octanol–water partition coefficient (Wildman–Crippen LogP) is 6.24.